The quantitative estimate of drug-likeness (QED) is 0.577. The number of rotatable bonds is 4. The van der Waals surface area contributed by atoms with Crippen LogP contribution >= 0.6 is 0 Å². The van der Waals surface area contributed by atoms with E-state index in [-0.39, 0.29) is 12.5 Å². The predicted molar refractivity (Wildman–Crippen MR) is 107 cm³/mol. The Balaban J connectivity index is 1.96. The summed E-state index contributed by atoms with van der Waals surface area (Å²) in [5.74, 6) is -0.115. The average Bonchev–Trinajstić information content (AvgIpc) is 3.11. The summed E-state index contributed by atoms with van der Waals surface area (Å²) in [5, 5.41) is 12.5. The van der Waals surface area contributed by atoms with Crippen LogP contribution in [0.3, 0.4) is 0 Å². The summed E-state index contributed by atoms with van der Waals surface area (Å²) in [5.41, 5.74) is 6.19. The van der Waals surface area contributed by atoms with E-state index in [1.54, 1.807) is 6.33 Å². The molecule has 2 N–H and O–H groups in total. The molecule has 1 heterocycles. The van der Waals surface area contributed by atoms with Gasteiger partial charge in [-0.3, -0.25) is 9.36 Å². The van der Waals surface area contributed by atoms with Crippen molar-refractivity contribution in [2.24, 2.45) is 0 Å². The maximum atomic E-state index is 11.4. The zero-order valence-electron chi connectivity index (χ0n) is 14.9. The fourth-order valence-corrected chi connectivity index (χ4v) is 3.27. The zero-order valence-corrected chi connectivity index (χ0v) is 14.9. The van der Waals surface area contributed by atoms with Crippen molar-refractivity contribution >= 4 is 22.6 Å². The van der Waals surface area contributed by atoms with Gasteiger partial charge < -0.3 is 10.4 Å². The molecule has 5 nitrogen and oxygen atoms in total. The minimum Gasteiger partial charge on any atom is -0.392 e. The second-order valence-electron chi connectivity index (χ2n) is 6.38. The molecule has 0 bridgehead atoms. The number of aromatic nitrogens is 2. The lowest BCUT2D eigenvalue weighted by atomic mass is 10.0. The van der Waals surface area contributed by atoms with Crippen molar-refractivity contribution in [3.63, 3.8) is 0 Å². The molecule has 27 heavy (non-hydrogen) atoms. The Morgan fingerprint density at radius 2 is 1.89 bits per heavy atom. The van der Waals surface area contributed by atoms with Crippen LogP contribution in [0.2, 0.25) is 0 Å². The third-order valence-electron chi connectivity index (χ3n) is 4.41. The highest BCUT2D eigenvalue weighted by atomic mass is 16.3. The lowest BCUT2D eigenvalue weighted by Gasteiger charge is -2.12. The topological polar surface area (TPSA) is 67.2 Å². The van der Waals surface area contributed by atoms with Crippen LogP contribution in [-0.2, 0) is 11.4 Å². The average molecular weight is 357 g/mol. The molecule has 4 aromatic rings. The van der Waals surface area contributed by atoms with Gasteiger partial charge in [-0.25, -0.2) is 4.98 Å². The minimum absolute atomic E-state index is 0.0630. The molecule has 0 radical (unpaired) electrons. The van der Waals surface area contributed by atoms with Gasteiger partial charge in [-0.1, -0.05) is 30.3 Å². The number of amides is 1. The highest BCUT2D eigenvalue weighted by Gasteiger charge is 2.14. The summed E-state index contributed by atoms with van der Waals surface area (Å²) < 4.78 is 2.04. The first-order valence-electron chi connectivity index (χ1n) is 8.70. The number of anilines is 1. The molecule has 1 amide bonds. The Morgan fingerprint density at radius 3 is 2.63 bits per heavy atom. The third-order valence-corrected chi connectivity index (χ3v) is 4.41. The molecule has 3 aromatic carbocycles. The number of hydrogen-bond donors (Lipinski definition) is 2. The summed E-state index contributed by atoms with van der Waals surface area (Å²) in [6.07, 6.45) is 1.79. The number of carbonyl (C=O) groups excluding carboxylic acids is 1. The molecule has 0 spiro atoms. The van der Waals surface area contributed by atoms with Crippen LogP contribution in [0.15, 0.2) is 73.1 Å². The number of para-hydroxylation sites is 1. The lowest BCUT2D eigenvalue weighted by molar-refractivity contribution is -0.114. The van der Waals surface area contributed by atoms with Gasteiger partial charge in [-0.2, -0.15) is 0 Å². The van der Waals surface area contributed by atoms with E-state index in [4.69, 9.17) is 0 Å². The number of hydrogen-bond acceptors (Lipinski definition) is 3. The predicted octanol–water partition coefficient (Wildman–Crippen LogP) is 4.14. The Labute approximate surface area is 156 Å². The number of aliphatic hydroxyl groups excluding tert-OH is 1. The van der Waals surface area contributed by atoms with Crippen LogP contribution in [0, 0.1) is 0 Å². The van der Waals surface area contributed by atoms with Crippen molar-refractivity contribution < 1.29 is 9.90 Å². The number of nitrogens with one attached hydrogen (secondary N) is 1. The standard InChI is InChI=1S/C22H19N3O2/c1-15(27)24-18-7-5-6-17(12-18)20-10-16(13-26)11-21-22(20)25(14-23-21)19-8-3-2-4-9-19/h2-12,14,26H,13H2,1H3,(H,24,27). The number of fused-ring (bicyclic) bond motifs is 1. The van der Waals surface area contributed by atoms with Crippen LogP contribution in [0.1, 0.15) is 12.5 Å². The van der Waals surface area contributed by atoms with Crippen molar-refractivity contribution in [3.05, 3.63) is 78.6 Å². The smallest absolute Gasteiger partial charge is 0.221 e. The van der Waals surface area contributed by atoms with E-state index in [2.05, 4.69) is 10.3 Å². The second-order valence-corrected chi connectivity index (χ2v) is 6.38. The van der Waals surface area contributed by atoms with E-state index in [0.717, 1.165) is 39.1 Å². The first-order valence-corrected chi connectivity index (χ1v) is 8.70. The number of nitrogens with zero attached hydrogens (tertiary/aromatic N) is 2. The molecule has 0 saturated carbocycles. The van der Waals surface area contributed by atoms with Gasteiger partial charge in [0.25, 0.3) is 0 Å². The Hall–Kier alpha value is -3.44. The van der Waals surface area contributed by atoms with E-state index in [0.29, 0.717) is 0 Å². The number of carbonyl (C=O) groups is 1. The Bertz CT molecular complexity index is 1120. The molecule has 0 fully saturated rings. The van der Waals surface area contributed by atoms with Crippen molar-refractivity contribution in [3.8, 4) is 16.8 Å². The van der Waals surface area contributed by atoms with Gasteiger partial charge >= 0.3 is 0 Å². The molecular formula is C22H19N3O2. The first-order chi connectivity index (χ1) is 13.2. The minimum atomic E-state index is -0.115. The fourth-order valence-electron chi connectivity index (χ4n) is 3.27. The van der Waals surface area contributed by atoms with Gasteiger partial charge in [0.2, 0.25) is 5.91 Å². The van der Waals surface area contributed by atoms with Crippen molar-refractivity contribution in [1.82, 2.24) is 9.55 Å². The molecule has 0 unspecified atom stereocenters. The molecular weight excluding hydrogens is 338 g/mol. The summed E-state index contributed by atoms with van der Waals surface area (Å²) in [4.78, 5) is 16.0. The van der Waals surface area contributed by atoms with Crippen molar-refractivity contribution in [2.75, 3.05) is 5.32 Å². The Morgan fingerprint density at radius 1 is 1.07 bits per heavy atom. The van der Waals surface area contributed by atoms with E-state index in [1.165, 1.54) is 6.92 Å². The first kappa shape index (κ1) is 17.0. The van der Waals surface area contributed by atoms with Crippen LogP contribution in [0.4, 0.5) is 5.69 Å². The van der Waals surface area contributed by atoms with Gasteiger partial charge in [-0.15, -0.1) is 0 Å². The highest BCUT2D eigenvalue weighted by molar-refractivity contribution is 5.96. The van der Waals surface area contributed by atoms with E-state index in [9.17, 15) is 9.90 Å². The zero-order chi connectivity index (χ0) is 18.8. The van der Waals surface area contributed by atoms with E-state index >= 15 is 0 Å². The fraction of sp³-hybridized carbons (Fsp3) is 0.0909. The molecule has 0 atom stereocenters. The number of benzene rings is 3. The third kappa shape index (κ3) is 3.32. The molecule has 0 aliphatic rings. The lowest BCUT2D eigenvalue weighted by Crippen LogP contribution is -2.05. The van der Waals surface area contributed by atoms with Crippen molar-refractivity contribution in [2.45, 2.75) is 13.5 Å². The van der Waals surface area contributed by atoms with Crippen LogP contribution in [-0.4, -0.2) is 20.6 Å². The van der Waals surface area contributed by atoms with Crippen LogP contribution in [0.5, 0.6) is 0 Å². The summed E-state index contributed by atoms with van der Waals surface area (Å²) in [6.45, 7) is 1.42. The molecule has 0 aliphatic carbocycles. The maximum absolute atomic E-state index is 11.4. The number of aliphatic hydroxyl groups is 1. The van der Waals surface area contributed by atoms with E-state index in [1.807, 2.05) is 71.3 Å². The summed E-state index contributed by atoms with van der Waals surface area (Å²) >= 11 is 0. The van der Waals surface area contributed by atoms with Crippen LogP contribution < -0.4 is 5.32 Å². The summed E-state index contributed by atoms with van der Waals surface area (Å²) in [7, 11) is 0. The van der Waals surface area contributed by atoms with Crippen LogP contribution in [0.25, 0.3) is 27.8 Å². The molecule has 134 valence electrons. The second kappa shape index (κ2) is 7.05. The molecule has 5 heteroatoms. The maximum Gasteiger partial charge on any atom is 0.221 e. The Kier molecular flexibility index (Phi) is 4.44. The van der Waals surface area contributed by atoms with Gasteiger partial charge in [0.15, 0.2) is 0 Å². The molecule has 0 aliphatic heterocycles. The molecule has 1 aromatic heterocycles. The highest BCUT2D eigenvalue weighted by Crippen LogP contribution is 2.33. The summed E-state index contributed by atoms with van der Waals surface area (Å²) in [6, 6.07) is 21.5. The van der Waals surface area contributed by atoms with E-state index < -0.39 is 0 Å². The largest absolute Gasteiger partial charge is 0.392 e. The molecule has 4 rings (SSSR count). The SMILES string of the molecule is CC(=O)Nc1cccc(-c2cc(CO)cc3ncn(-c4ccccc4)c23)c1. The normalized spacial score (nSPS) is 10.9. The van der Waals surface area contributed by atoms with Crippen molar-refractivity contribution in [1.29, 1.82) is 0 Å². The van der Waals surface area contributed by atoms with Gasteiger partial charge in [-0.05, 0) is 47.5 Å². The number of imidazole rings is 1. The molecule has 0 saturated heterocycles. The van der Waals surface area contributed by atoms with Gasteiger partial charge in [0, 0.05) is 23.9 Å². The van der Waals surface area contributed by atoms with Gasteiger partial charge in [0.1, 0.15) is 6.33 Å². The van der Waals surface area contributed by atoms with Gasteiger partial charge in [0.05, 0.1) is 17.6 Å². The monoisotopic (exact) mass is 357 g/mol.